The molecule has 0 aromatic carbocycles. The molecule has 8 nitrogen and oxygen atoms in total. The third-order valence-electron chi connectivity index (χ3n) is 3.45. The number of aliphatic hydroxyl groups excluding tert-OH is 1. The van der Waals surface area contributed by atoms with Gasteiger partial charge in [0.1, 0.15) is 5.75 Å². The number of hydrazine groups is 1. The summed E-state index contributed by atoms with van der Waals surface area (Å²) in [6.45, 7) is 7.17. The van der Waals surface area contributed by atoms with Crippen LogP contribution in [0.3, 0.4) is 0 Å². The summed E-state index contributed by atoms with van der Waals surface area (Å²) in [7, 11) is 1.72. The molecule has 0 amide bonds. The summed E-state index contributed by atoms with van der Waals surface area (Å²) >= 11 is 0. The summed E-state index contributed by atoms with van der Waals surface area (Å²) in [5, 5.41) is 11.7. The summed E-state index contributed by atoms with van der Waals surface area (Å²) in [5.41, 5.74) is 3.21. The van der Waals surface area contributed by atoms with E-state index < -0.39 is 17.8 Å². The van der Waals surface area contributed by atoms with Crippen molar-refractivity contribution in [3.05, 3.63) is 30.1 Å². The molecule has 0 saturated carbocycles. The van der Waals surface area contributed by atoms with Gasteiger partial charge in [-0.05, 0) is 45.9 Å². The van der Waals surface area contributed by atoms with Crippen LogP contribution in [-0.4, -0.2) is 52.3 Å². The molecule has 25 heavy (non-hydrogen) atoms. The molecule has 0 fully saturated rings. The van der Waals surface area contributed by atoms with Crippen LogP contribution >= 0.6 is 0 Å². The van der Waals surface area contributed by atoms with Gasteiger partial charge in [0.15, 0.2) is 17.6 Å². The van der Waals surface area contributed by atoms with E-state index in [1.54, 1.807) is 51.0 Å². The largest absolute Gasteiger partial charge is 0.475 e. The van der Waals surface area contributed by atoms with Crippen LogP contribution in [0, 0.1) is 0 Å². The lowest BCUT2D eigenvalue weighted by molar-refractivity contribution is -0.158. The van der Waals surface area contributed by atoms with Gasteiger partial charge in [0.2, 0.25) is 0 Å². The molecular weight excluding hydrogens is 324 g/mol. The van der Waals surface area contributed by atoms with E-state index in [4.69, 9.17) is 9.47 Å². The Morgan fingerprint density at radius 3 is 2.80 bits per heavy atom. The lowest BCUT2D eigenvalue weighted by Crippen LogP contribution is -2.49. The minimum atomic E-state index is -1.11. The van der Waals surface area contributed by atoms with Gasteiger partial charge in [-0.15, -0.1) is 0 Å². The topological polar surface area (TPSA) is 96.3 Å². The number of allylic oxidation sites excluding steroid dienone is 1. The monoisotopic (exact) mass is 348 g/mol. The molecule has 2 heterocycles. The van der Waals surface area contributed by atoms with Crippen LogP contribution in [-0.2, 0) is 9.53 Å². The first kappa shape index (κ1) is 18.9. The number of pyridine rings is 1. The summed E-state index contributed by atoms with van der Waals surface area (Å²) in [6.07, 6.45) is 2.36. The van der Waals surface area contributed by atoms with Gasteiger partial charge >= 0.3 is 5.97 Å². The Morgan fingerprint density at radius 2 is 2.20 bits per heavy atom. The van der Waals surface area contributed by atoms with Gasteiger partial charge in [0.05, 0.1) is 18.5 Å². The summed E-state index contributed by atoms with van der Waals surface area (Å²) < 4.78 is 10.6. The fraction of sp³-hybridized carbons (Fsp3) is 0.471. The van der Waals surface area contributed by atoms with Gasteiger partial charge in [-0.3, -0.25) is 0 Å². The molecule has 0 bridgehead atoms. The van der Waals surface area contributed by atoms with Gasteiger partial charge in [0.25, 0.3) is 0 Å². The average molecular weight is 348 g/mol. The molecule has 0 radical (unpaired) electrons. The molecule has 136 valence electrons. The van der Waals surface area contributed by atoms with Crippen molar-refractivity contribution in [3.63, 3.8) is 0 Å². The van der Waals surface area contributed by atoms with Crippen LogP contribution in [0.2, 0.25) is 0 Å². The lowest BCUT2D eigenvalue weighted by atomic mass is 10.1. The third kappa shape index (κ3) is 4.77. The number of rotatable bonds is 5. The van der Waals surface area contributed by atoms with Crippen molar-refractivity contribution in [2.24, 2.45) is 4.99 Å². The summed E-state index contributed by atoms with van der Waals surface area (Å²) in [6, 6.07) is 3.32. The van der Waals surface area contributed by atoms with Gasteiger partial charge in [-0.25, -0.2) is 14.8 Å². The molecule has 1 unspecified atom stereocenters. The van der Waals surface area contributed by atoms with Crippen molar-refractivity contribution in [2.45, 2.75) is 39.5 Å². The van der Waals surface area contributed by atoms with Crippen molar-refractivity contribution in [3.8, 4) is 5.75 Å². The third-order valence-corrected chi connectivity index (χ3v) is 3.45. The number of aromatic nitrogens is 1. The van der Waals surface area contributed by atoms with E-state index in [-0.39, 0.29) is 0 Å². The predicted molar refractivity (Wildman–Crippen MR) is 93.3 cm³/mol. The number of ether oxygens (including phenoxy) is 2. The summed E-state index contributed by atoms with van der Waals surface area (Å²) in [5.74, 6) is 0.409. The highest BCUT2D eigenvalue weighted by atomic mass is 16.6. The summed E-state index contributed by atoms with van der Waals surface area (Å²) in [4.78, 5) is 20.4. The van der Waals surface area contributed by atoms with Crippen LogP contribution in [0.1, 0.15) is 27.7 Å². The van der Waals surface area contributed by atoms with E-state index in [9.17, 15) is 9.90 Å². The van der Waals surface area contributed by atoms with E-state index in [1.165, 1.54) is 6.20 Å². The van der Waals surface area contributed by atoms with Gasteiger partial charge < -0.3 is 20.0 Å². The Morgan fingerprint density at radius 1 is 1.48 bits per heavy atom. The number of carbonyl (C=O) groups is 1. The first-order valence-electron chi connectivity index (χ1n) is 7.99. The van der Waals surface area contributed by atoms with Crippen LogP contribution in [0.15, 0.2) is 35.1 Å². The molecule has 1 aromatic heterocycles. The van der Waals surface area contributed by atoms with E-state index in [0.717, 1.165) is 5.70 Å². The van der Waals surface area contributed by atoms with Crippen LogP contribution in [0.4, 0.5) is 5.82 Å². The molecular formula is C17H24N4O4. The number of hydrogen-bond acceptors (Lipinski definition) is 8. The van der Waals surface area contributed by atoms with Crippen molar-refractivity contribution in [1.29, 1.82) is 0 Å². The average Bonchev–Trinajstić information content (AvgIpc) is 2.54. The van der Waals surface area contributed by atoms with E-state index in [2.05, 4.69) is 15.4 Å². The van der Waals surface area contributed by atoms with Gasteiger partial charge in [-0.1, -0.05) is 0 Å². The quantitative estimate of drug-likeness (QED) is 0.779. The molecule has 2 N–H and O–H groups in total. The number of hydrogen-bond donors (Lipinski definition) is 2. The SMILES string of the molecule is CCOC(=O)C(C)(C)Oc1ccc(N=C2C=C(C)NN(C)C2O)nc1. The Kier molecular flexibility index (Phi) is 5.76. The van der Waals surface area contributed by atoms with Crippen molar-refractivity contribution < 1.29 is 19.4 Å². The minimum Gasteiger partial charge on any atom is -0.475 e. The second kappa shape index (κ2) is 7.62. The Hall–Kier alpha value is -2.45. The minimum absolute atomic E-state index is 0.291. The maximum atomic E-state index is 11.9. The first-order valence-corrected chi connectivity index (χ1v) is 7.99. The molecule has 8 heteroatoms. The molecule has 2 rings (SSSR count). The van der Waals surface area contributed by atoms with E-state index in [1.807, 2.05) is 6.92 Å². The highest BCUT2D eigenvalue weighted by Crippen LogP contribution is 2.21. The van der Waals surface area contributed by atoms with Crippen molar-refractivity contribution >= 4 is 17.5 Å². The molecule has 0 saturated heterocycles. The second-order valence-electron chi connectivity index (χ2n) is 6.15. The normalized spacial score (nSPS) is 20.0. The lowest BCUT2D eigenvalue weighted by Gasteiger charge is -2.29. The Balaban J connectivity index is 2.13. The van der Waals surface area contributed by atoms with Crippen molar-refractivity contribution in [1.82, 2.24) is 15.4 Å². The maximum absolute atomic E-state index is 11.9. The molecule has 1 aliphatic heterocycles. The predicted octanol–water partition coefficient (Wildman–Crippen LogP) is 1.55. The molecule has 0 aliphatic carbocycles. The smallest absolute Gasteiger partial charge is 0.349 e. The zero-order valence-corrected chi connectivity index (χ0v) is 15.1. The zero-order chi connectivity index (χ0) is 18.6. The second-order valence-corrected chi connectivity index (χ2v) is 6.15. The maximum Gasteiger partial charge on any atom is 0.349 e. The van der Waals surface area contributed by atoms with Gasteiger partial charge in [0, 0.05) is 12.7 Å². The van der Waals surface area contributed by atoms with E-state index in [0.29, 0.717) is 23.9 Å². The molecule has 1 aliphatic rings. The number of nitrogens with zero attached hydrogens (tertiary/aromatic N) is 3. The Bertz CT molecular complexity index is 682. The van der Waals surface area contributed by atoms with Crippen LogP contribution in [0.25, 0.3) is 0 Å². The van der Waals surface area contributed by atoms with E-state index >= 15 is 0 Å². The Labute approximate surface area is 147 Å². The zero-order valence-electron chi connectivity index (χ0n) is 15.1. The molecule has 0 spiro atoms. The van der Waals surface area contributed by atoms with Crippen LogP contribution < -0.4 is 10.2 Å². The number of carbonyl (C=O) groups excluding carboxylic acids is 1. The highest BCUT2D eigenvalue weighted by molar-refractivity contribution is 6.00. The standard InChI is InChI=1S/C17H24N4O4/c1-6-24-16(23)17(3,4)25-12-7-8-14(18-10-12)19-13-9-11(2)20-21(5)15(13)22/h7-10,15,20,22H,6H2,1-5H3. The number of esters is 1. The number of aliphatic imine (C=N–C) groups is 1. The first-order chi connectivity index (χ1) is 11.7. The van der Waals surface area contributed by atoms with Crippen LogP contribution in [0.5, 0.6) is 5.75 Å². The fourth-order valence-corrected chi connectivity index (χ4v) is 2.23. The number of aliphatic hydroxyl groups is 1. The van der Waals surface area contributed by atoms with Gasteiger partial charge in [-0.2, -0.15) is 5.01 Å². The fourth-order valence-electron chi connectivity index (χ4n) is 2.23. The molecule has 1 aromatic rings. The van der Waals surface area contributed by atoms with Crippen molar-refractivity contribution in [2.75, 3.05) is 13.7 Å². The molecule has 1 atom stereocenters. The number of nitrogens with one attached hydrogen (secondary N) is 1. The highest BCUT2D eigenvalue weighted by Gasteiger charge is 2.31.